The van der Waals surface area contributed by atoms with E-state index in [1.807, 2.05) is 0 Å². The number of hydrogen-bond acceptors (Lipinski definition) is 4. The molecule has 22 heavy (non-hydrogen) atoms. The van der Waals surface area contributed by atoms with Crippen LogP contribution in [0, 0.1) is 0 Å². The number of rotatable bonds is 3. The van der Waals surface area contributed by atoms with Crippen LogP contribution in [0.4, 0.5) is 0 Å². The first-order chi connectivity index (χ1) is 10.4. The first-order valence-electron chi connectivity index (χ1n) is 5.88. The Morgan fingerprint density at radius 3 is 2.59 bits per heavy atom. The lowest BCUT2D eigenvalue weighted by Gasteiger charge is -2.04. The normalized spacial score (nSPS) is 10.9. The second-order valence-electron chi connectivity index (χ2n) is 4.19. The Labute approximate surface area is 144 Å². The number of nitrogens with one attached hydrogen (secondary N) is 1. The van der Waals surface area contributed by atoms with Crippen molar-refractivity contribution in [2.75, 3.05) is 0 Å². The summed E-state index contributed by atoms with van der Waals surface area (Å²) in [5.41, 5.74) is 2.82. The zero-order chi connectivity index (χ0) is 16.3. The lowest BCUT2D eigenvalue weighted by atomic mass is 10.2. The highest BCUT2D eigenvalue weighted by Crippen LogP contribution is 2.30. The molecule has 114 valence electrons. The summed E-state index contributed by atoms with van der Waals surface area (Å²) in [5, 5.41) is 23.4. The molecule has 0 heterocycles. The molecule has 2 aromatic rings. The quantitative estimate of drug-likeness (QED) is 0.536. The number of halogens is 3. The number of benzene rings is 2. The van der Waals surface area contributed by atoms with E-state index in [1.165, 1.54) is 30.5 Å². The molecule has 0 aliphatic heterocycles. The molecule has 0 fully saturated rings. The van der Waals surface area contributed by atoms with Gasteiger partial charge in [-0.15, -0.1) is 0 Å². The fourth-order valence-corrected chi connectivity index (χ4v) is 2.42. The molecule has 0 radical (unpaired) electrons. The van der Waals surface area contributed by atoms with E-state index in [4.69, 9.17) is 23.2 Å². The summed E-state index contributed by atoms with van der Waals surface area (Å²) in [4.78, 5) is 11.9. The molecule has 0 saturated carbocycles. The average Bonchev–Trinajstić information content (AvgIpc) is 2.44. The van der Waals surface area contributed by atoms with Gasteiger partial charge in [-0.2, -0.15) is 5.10 Å². The number of hydrogen-bond donors (Lipinski definition) is 3. The summed E-state index contributed by atoms with van der Waals surface area (Å²) in [6.07, 6.45) is 1.24. The fourth-order valence-electron chi connectivity index (χ4n) is 1.56. The van der Waals surface area contributed by atoms with Crippen LogP contribution in [0.1, 0.15) is 15.9 Å². The van der Waals surface area contributed by atoms with Crippen LogP contribution in [0.3, 0.4) is 0 Å². The van der Waals surface area contributed by atoms with Gasteiger partial charge in [0.25, 0.3) is 5.91 Å². The van der Waals surface area contributed by atoms with Crippen LogP contribution in [0.2, 0.25) is 10.0 Å². The zero-order valence-electron chi connectivity index (χ0n) is 10.8. The molecule has 0 aromatic heterocycles. The highest BCUT2D eigenvalue weighted by atomic mass is 79.9. The number of nitrogens with zero attached hydrogens (tertiary/aromatic N) is 1. The monoisotopic (exact) mass is 402 g/mol. The van der Waals surface area contributed by atoms with Crippen LogP contribution in [-0.2, 0) is 0 Å². The first kappa shape index (κ1) is 16.6. The maximum Gasteiger partial charge on any atom is 0.272 e. The van der Waals surface area contributed by atoms with E-state index in [0.717, 1.165) is 6.07 Å². The minimum Gasteiger partial charge on any atom is -0.507 e. The molecule has 5 nitrogen and oxygen atoms in total. The Kier molecular flexibility index (Phi) is 5.28. The molecule has 2 aromatic carbocycles. The van der Waals surface area contributed by atoms with Crippen molar-refractivity contribution in [3.8, 4) is 11.5 Å². The van der Waals surface area contributed by atoms with Crippen LogP contribution in [0.5, 0.6) is 11.5 Å². The van der Waals surface area contributed by atoms with Crippen molar-refractivity contribution in [3.63, 3.8) is 0 Å². The Bertz CT molecular complexity index is 766. The van der Waals surface area contributed by atoms with Crippen molar-refractivity contribution in [1.29, 1.82) is 0 Å². The lowest BCUT2D eigenvalue weighted by Crippen LogP contribution is -2.18. The van der Waals surface area contributed by atoms with Gasteiger partial charge in [0.2, 0.25) is 0 Å². The Balaban J connectivity index is 2.12. The molecule has 1 amide bonds. The van der Waals surface area contributed by atoms with Gasteiger partial charge in [-0.1, -0.05) is 23.2 Å². The smallest absolute Gasteiger partial charge is 0.272 e. The number of carbonyl (C=O) groups is 1. The molecular weight excluding hydrogens is 395 g/mol. The lowest BCUT2D eigenvalue weighted by molar-refractivity contribution is 0.0955. The van der Waals surface area contributed by atoms with E-state index in [1.54, 1.807) is 0 Å². The summed E-state index contributed by atoms with van der Waals surface area (Å²) in [7, 11) is 0. The molecule has 0 aliphatic rings. The fraction of sp³-hybridized carbons (Fsp3) is 0. The van der Waals surface area contributed by atoms with E-state index in [-0.39, 0.29) is 22.1 Å². The molecule has 0 aliphatic carbocycles. The van der Waals surface area contributed by atoms with Crippen LogP contribution < -0.4 is 5.43 Å². The van der Waals surface area contributed by atoms with E-state index in [0.29, 0.717) is 15.1 Å². The Morgan fingerprint density at radius 1 is 1.18 bits per heavy atom. The average molecular weight is 404 g/mol. The summed E-state index contributed by atoms with van der Waals surface area (Å²) in [5.74, 6) is -0.801. The van der Waals surface area contributed by atoms with Crippen LogP contribution in [0.15, 0.2) is 39.9 Å². The van der Waals surface area contributed by atoms with Gasteiger partial charge in [0.15, 0.2) is 0 Å². The van der Waals surface area contributed by atoms with Gasteiger partial charge in [-0.3, -0.25) is 4.79 Å². The van der Waals surface area contributed by atoms with Crippen LogP contribution in [0.25, 0.3) is 0 Å². The molecule has 3 N–H and O–H groups in total. The maximum atomic E-state index is 11.9. The molecule has 0 bridgehead atoms. The highest BCUT2D eigenvalue weighted by Gasteiger charge is 2.10. The first-order valence-corrected chi connectivity index (χ1v) is 7.43. The highest BCUT2D eigenvalue weighted by molar-refractivity contribution is 9.10. The van der Waals surface area contributed by atoms with E-state index in [2.05, 4.69) is 26.5 Å². The van der Waals surface area contributed by atoms with E-state index in [9.17, 15) is 15.0 Å². The second kappa shape index (κ2) is 7.00. The number of phenols is 2. The van der Waals surface area contributed by atoms with Crippen molar-refractivity contribution in [2.45, 2.75) is 0 Å². The van der Waals surface area contributed by atoms with Gasteiger partial charge in [-0.05, 0) is 40.2 Å². The van der Waals surface area contributed by atoms with Gasteiger partial charge >= 0.3 is 0 Å². The molecule has 2 rings (SSSR count). The van der Waals surface area contributed by atoms with Gasteiger partial charge in [-0.25, -0.2) is 5.43 Å². The Hall–Kier alpha value is -1.76. The molecule has 0 saturated heterocycles. The van der Waals surface area contributed by atoms with Gasteiger partial charge in [0.1, 0.15) is 11.5 Å². The predicted octanol–water partition coefficient (Wildman–Crippen LogP) is 3.93. The van der Waals surface area contributed by atoms with Gasteiger partial charge in [0, 0.05) is 16.7 Å². The number of aromatic hydroxyl groups is 2. The van der Waals surface area contributed by atoms with Crippen molar-refractivity contribution in [1.82, 2.24) is 5.43 Å². The predicted molar refractivity (Wildman–Crippen MR) is 89.0 cm³/mol. The van der Waals surface area contributed by atoms with Crippen molar-refractivity contribution in [3.05, 3.63) is 56.0 Å². The number of amides is 1. The molecule has 0 spiro atoms. The molecule has 0 atom stereocenters. The molecular formula is C14H9BrCl2N2O3. The minimum absolute atomic E-state index is 0.105. The SMILES string of the molecule is O=C(N/N=C/c1cc(Br)c(O)cc1O)c1ccc(Cl)cc1Cl. The van der Waals surface area contributed by atoms with Crippen LogP contribution >= 0.6 is 39.1 Å². The number of hydrazone groups is 1. The standard InChI is InChI=1S/C14H9BrCl2N2O3/c15-10-3-7(12(20)5-13(10)21)6-18-19-14(22)9-2-1-8(16)4-11(9)17/h1-6,20-21H,(H,19,22)/b18-6+. The minimum atomic E-state index is -0.518. The van der Waals surface area contributed by atoms with Crippen LogP contribution in [-0.4, -0.2) is 22.3 Å². The van der Waals surface area contributed by atoms with Crippen molar-refractivity contribution < 1.29 is 15.0 Å². The number of phenolic OH excluding ortho intramolecular Hbond substituents is 2. The molecule has 8 heteroatoms. The summed E-state index contributed by atoms with van der Waals surface area (Å²) in [6.45, 7) is 0. The zero-order valence-corrected chi connectivity index (χ0v) is 13.9. The third-order valence-corrected chi connectivity index (χ3v) is 3.82. The third kappa shape index (κ3) is 3.91. The summed E-state index contributed by atoms with van der Waals surface area (Å²) >= 11 is 14.8. The topological polar surface area (TPSA) is 81.9 Å². The number of carbonyl (C=O) groups excluding carboxylic acids is 1. The van der Waals surface area contributed by atoms with Crippen molar-refractivity contribution in [2.24, 2.45) is 5.10 Å². The second-order valence-corrected chi connectivity index (χ2v) is 5.88. The summed E-state index contributed by atoms with van der Waals surface area (Å²) < 4.78 is 0.388. The van der Waals surface area contributed by atoms with Gasteiger partial charge in [0.05, 0.1) is 21.3 Å². The van der Waals surface area contributed by atoms with E-state index >= 15 is 0 Å². The molecule has 0 unspecified atom stereocenters. The summed E-state index contributed by atoms with van der Waals surface area (Å²) in [6, 6.07) is 7.07. The largest absolute Gasteiger partial charge is 0.507 e. The third-order valence-electron chi connectivity index (χ3n) is 2.64. The van der Waals surface area contributed by atoms with Gasteiger partial charge < -0.3 is 10.2 Å². The van der Waals surface area contributed by atoms with E-state index < -0.39 is 5.91 Å². The Morgan fingerprint density at radius 2 is 1.91 bits per heavy atom. The maximum absolute atomic E-state index is 11.9. The van der Waals surface area contributed by atoms with Crippen molar-refractivity contribution >= 4 is 51.3 Å².